The summed E-state index contributed by atoms with van der Waals surface area (Å²) < 4.78 is 6.47. The molecule has 2 N–H and O–H groups in total. The van der Waals surface area contributed by atoms with Gasteiger partial charge in [0.15, 0.2) is 11.0 Å². The molecule has 1 amide bonds. The molecular formula is C15H18N4O4S. The van der Waals surface area contributed by atoms with E-state index in [1.807, 2.05) is 0 Å². The first kappa shape index (κ1) is 16.6. The first-order valence-electron chi connectivity index (χ1n) is 7.71. The van der Waals surface area contributed by atoms with E-state index in [0.717, 1.165) is 43.5 Å². The first-order valence-corrected chi connectivity index (χ1v) is 8.70. The summed E-state index contributed by atoms with van der Waals surface area (Å²) in [6, 6.07) is 2.80. The molecule has 2 aromatic heterocycles. The molecular weight excluding hydrogens is 332 g/mol. The Morgan fingerprint density at radius 2 is 2.21 bits per heavy atom. The van der Waals surface area contributed by atoms with Gasteiger partial charge in [-0.15, -0.1) is 0 Å². The minimum atomic E-state index is -0.329. The lowest BCUT2D eigenvalue weighted by Gasteiger charge is -2.17. The van der Waals surface area contributed by atoms with Gasteiger partial charge in [-0.25, -0.2) is 0 Å². The number of amides is 1. The SMILES string of the molecule is Cc1cc(NC(=O)CSc2nc(O)cc(=O)n2C2CCCC2)no1. The minimum Gasteiger partial charge on any atom is -0.493 e. The van der Waals surface area contributed by atoms with Gasteiger partial charge < -0.3 is 14.9 Å². The number of nitrogens with one attached hydrogen (secondary N) is 1. The van der Waals surface area contributed by atoms with Crippen LogP contribution in [0.2, 0.25) is 0 Å². The number of anilines is 1. The maximum Gasteiger partial charge on any atom is 0.258 e. The van der Waals surface area contributed by atoms with E-state index >= 15 is 0 Å². The van der Waals surface area contributed by atoms with Crippen LogP contribution in [0.15, 0.2) is 26.6 Å². The van der Waals surface area contributed by atoms with Gasteiger partial charge in [0.2, 0.25) is 11.8 Å². The number of carbonyl (C=O) groups excluding carboxylic acids is 1. The van der Waals surface area contributed by atoms with E-state index in [0.29, 0.717) is 16.7 Å². The van der Waals surface area contributed by atoms with Gasteiger partial charge >= 0.3 is 0 Å². The molecule has 2 heterocycles. The van der Waals surface area contributed by atoms with E-state index in [1.165, 1.54) is 0 Å². The molecule has 8 nitrogen and oxygen atoms in total. The molecule has 0 atom stereocenters. The van der Waals surface area contributed by atoms with Crippen molar-refractivity contribution in [3.05, 3.63) is 28.2 Å². The van der Waals surface area contributed by atoms with Crippen LogP contribution in [0, 0.1) is 6.92 Å². The van der Waals surface area contributed by atoms with Crippen LogP contribution in [-0.4, -0.2) is 31.5 Å². The Morgan fingerprint density at radius 1 is 1.46 bits per heavy atom. The predicted octanol–water partition coefficient (Wildman–Crippen LogP) is 2.09. The number of hydrogen-bond donors (Lipinski definition) is 2. The van der Waals surface area contributed by atoms with E-state index in [9.17, 15) is 14.7 Å². The quantitative estimate of drug-likeness (QED) is 0.627. The van der Waals surface area contributed by atoms with Crippen molar-refractivity contribution >= 4 is 23.5 Å². The van der Waals surface area contributed by atoms with Gasteiger partial charge in [-0.2, -0.15) is 4.98 Å². The summed E-state index contributed by atoms with van der Waals surface area (Å²) in [7, 11) is 0. The lowest BCUT2D eigenvalue weighted by molar-refractivity contribution is -0.113. The maximum absolute atomic E-state index is 12.2. The number of nitrogens with zero attached hydrogens (tertiary/aromatic N) is 3. The Morgan fingerprint density at radius 3 is 2.88 bits per heavy atom. The molecule has 3 rings (SSSR count). The molecule has 9 heteroatoms. The molecule has 2 aromatic rings. The largest absolute Gasteiger partial charge is 0.493 e. The Balaban J connectivity index is 1.72. The molecule has 1 fully saturated rings. The summed E-state index contributed by atoms with van der Waals surface area (Å²) in [6.07, 6.45) is 3.94. The third kappa shape index (κ3) is 3.78. The van der Waals surface area contributed by atoms with Crippen LogP contribution >= 0.6 is 11.8 Å². The van der Waals surface area contributed by atoms with Gasteiger partial charge in [0.1, 0.15) is 5.76 Å². The molecule has 0 unspecified atom stereocenters. The number of carbonyl (C=O) groups is 1. The summed E-state index contributed by atoms with van der Waals surface area (Å²) in [4.78, 5) is 28.2. The van der Waals surface area contributed by atoms with Crippen molar-refractivity contribution in [1.29, 1.82) is 0 Å². The van der Waals surface area contributed by atoms with E-state index in [4.69, 9.17) is 4.52 Å². The number of aromatic hydroxyl groups is 1. The van der Waals surface area contributed by atoms with E-state index < -0.39 is 0 Å². The van der Waals surface area contributed by atoms with Crippen molar-refractivity contribution in [2.45, 2.75) is 43.8 Å². The van der Waals surface area contributed by atoms with Crippen LogP contribution in [0.25, 0.3) is 0 Å². The van der Waals surface area contributed by atoms with Gasteiger partial charge in [-0.05, 0) is 19.8 Å². The third-order valence-electron chi connectivity index (χ3n) is 3.82. The zero-order valence-corrected chi connectivity index (χ0v) is 14.0. The van der Waals surface area contributed by atoms with Gasteiger partial charge in [-0.3, -0.25) is 14.2 Å². The summed E-state index contributed by atoms with van der Waals surface area (Å²) in [5.41, 5.74) is -0.288. The number of hydrogen-bond acceptors (Lipinski definition) is 7. The molecule has 0 aliphatic heterocycles. The molecule has 128 valence electrons. The summed E-state index contributed by atoms with van der Waals surface area (Å²) in [5, 5.41) is 16.3. The second-order valence-electron chi connectivity index (χ2n) is 5.70. The first-order chi connectivity index (χ1) is 11.5. The number of thioether (sulfide) groups is 1. The fourth-order valence-electron chi connectivity index (χ4n) is 2.79. The normalized spacial score (nSPS) is 14.9. The standard InChI is InChI=1S/C15H18N4O4S/c1-9-6-11(18-23-9)16-13(21)8-24-15-17-12(20)7-14(22)19(15)10-4-2-3-5-10/h6-7,10,20H,2-5,8H2,1H3,(H,16,18,21). The molecule has 0 aromatic carbocycles. The highest BCUT2D eigenvalue weighted by molar-refractivity contribution is 7.99. The molecule has 0 spiro atoms. The number of rotatable bonds is 5. The fourth-order valence-corrected chi connectivity index (χ4v) is 3.66. The highest BCUT2D eigenvalue weighted by Crippen LogP contribution is 2.31. The second kappa shape index (κ2) is 7.08. The van der Waals surface area contributed by atoms with Crippen molar-refractivity contribution < 1.29 is 14.4 Å². The molecule has 1 saturated carbocycles. The van der Waals surface area contributed by atoms with Crippen LogP contribution in [0.4, 0.5) is 5.82 Å². The Kier molecular flexibility index (Phi) is 4.89. The zero-order chi connectivity index (χ0) is 17.1. The highest BCUT2D eigenvalue weighted by atomic mass is 32.2. The fraction of sp³-hybridized carbons (Fsp3) is 0.467. The van der Waals surface area contributed by atoms with Crippen molar-refractivity contribution in [2.75, 3.05) is 11.1 Å². The van der Waals surface area contributed by atoms with Crippen molar-refractivity contribution in [3.63, 3.8) is 0 Å². The van der Waals surface area contributed by atoms with Gasteiger partial charge in [0.25, 0.3) is 5.56 Å². The lowest BCUT2D eigenvalue weighted by atomic mass is 10.2. The summed E-state index contributed by atoms with van der Waals surface area (Å²) in [5.74, 6) is 0.375. The van der Waals surface area contributed by atoms with Crippen LogP contribution in [0.5, 0.6) is 5.88 Å². The molecule has 1 aliphatic rings. The van der Waals surface area contributed by atoms with Crippen molar-refractivity contribution in [3.8, 4) is 5.88 Å². The Bertz CT molecular complexity index is 795. The Hall–Kier alpha value is -2.29. The second-order valence-corrected chi connectivity index (χ2v) is 6.65. The molecule has 24 heavy (non-hydrogen) atoms. The summed E-state index contributed by atoms with van der Waals surface area (Å²) >= 11 is 1.12. The van der Waals surface area contributed by atoms with Crippen LogP contribution in [0.3, 0.4) is 0 Å². The third-order valence-corrected chi connectivity index (χ3v) is 4.78. The lowest BCUT2D eigenvalue weighted by Crippen LogP contribution is -2.26. The Labute approximate surface area is 142 Å². The topological polar surface area (TPSA) is 110 Å². The molecule has 0 radical (unpaired) electrons. The highest BCUT2D eigenvalue weighted by Gasteiger charge is 2.22. The monoisotopic (exact) mass is 350 g/mol. The van der Waals surface area contributed by atoms with Crippen molar-refractivity contribution in [1.82, 2.24) is 14.7 Å². The maximum atomic E-state index is 12.2. The number of aromatic nitrogens is 3. The molecule has 0 saturated heterocycles. The average molecular weight is 350 g/mol. The smallest absolute Gasteiger partial charge is 0.258 e. The minimum absolute atomic E-state index is 0.0501. The van der Waals surface area contributed by atoms with Gasteiger partial charge in [0.05, 0.1) is 11.8 Å². The number of aryl methyl sites for hydroxylation is 1. The van der Waals surface area contributed by atoms with Crippen molar-refractivity contribution in [2.24, 2.45) is 0 Å². The summed E-state index contributed by atoms with van der Waals surface area (Å²) in [6.45, 7) is 1.73. The van der Waals surface area contributed by atoms with Crippen LogP contribution in [0.1, 0.15) is 37.5 Å². The van der Waals surface area contributed by atoms with Crippen LogP contribution < -0.4 is 10.9 Å². The van der Waals surface area contributed by atoms with E-state index in [2.05, 4.69) is 15.5 Å². The molecule has 1 aliphatic carbocycles. The molecule has 0 bridgehead atoms. The van der Waals surface area contributed by atoms with E-state index in [-0.39, 0.29) is 29.1 Å². The van der Waals surface area contributed by atoms with Gasteiger partial charge in [-0.1, -0.05) is 29.8 Å². The van der Waals surface area contributed by atoms with Crippen LogP contribution in [-0.2, 0) is 4.79 Å². The zero-order valence-electron chi connectivity index (χ0n) is 13.2. The predicted molar refractivity (Wildman–Crippen MR) is 88.3 cm³/mol. The van der Waals surface area contributed by atoms with E-state index in [1.54, 1.807) is 17.6 Å². The average Bonchev–Trinajstić information content (AvgIpc) is 3.16. The van der Waals surface area contributed by atoms with Gasteiger partial charge in [0, 0.05) is 12.1 Å².